The summed E-state index contributed by atoms with van der Waals surface area (Å²) in [6.45, 7) is 16.9. The van der Waals surface area contributed by atoms with E-state index in [4.69, 9.17) is 0 Å². The molecule has 3 aromatic carbocycles. The zero-order valence-corrected chi connectivity index (χ0v) is 50.2. The first kappa shape index (κ1) is 54.1. The van der Waals surface area contributed by atoms with Gasteiger partial charge in [-0.1, -0.05) is 193 Å². The number of hydrogen-bond donors (Lipinski definition) is 0. The zero-order chi connectivity index (χ0) is 52.2. The lowest BCUT2D eigenvalue weighted by molar-refractivity contribution is 0.0653. The maximum atomic E-state index is 14.6. The summed E-state index contributed by atoms with van der Waals surface area (Å²) in [5, 5.41) is 3.63. The second-order valence-electron chi connectivity index (χ2n) is 21.4. The Morgan fingerprint density at radius 3 is 1.67 bits per heavy atom. The van der Waals surface area contributed by atoms with Gasteiger partial charge in [0.25, 0.3) is 11.8 Å². The zero-order valence-electron chi connectivity index (χ0n) is 45.3. The van der Waals surface area contributed by atoms with E-state index in [0.29, 0.717) is 28.8 Å². The molecule has 2 amide bonds. The average molecular weight is 1110 g/mol. The number of unbranched alkanes of at least 4 members (excludes halogenated alkanes) is 7. The first-order valence-corrected chi connectivity index (χ1v) is 33.3. The summed E-state index contributed by atoms with van der Waals surface area (Å²) in [6.07, 6.45) is 19.9. The van der Waals surface area contributed by atoms with Gasteiger partial charge in [-0.3, -0.25) is 14.5 Å². The van der Waals surface area contributed by atoms with Crippen molar-refractivity contribution in [3.05, 3.63) is 128 Å². The lowest BCUT2D eigenvalue weighted by atomic mass is 9.78. The van der Waals surface area contributed by atoms with Crippen LogP contribution in [-0.2, 0) is 18.3 Å². The van der Waals surface area contributed by atoms with Crippen molar-refractivity contribution < 1.29 is 9.59 Å². The number of rotatable bonds is 26. The smallest absolute Gasteiger partial charge is 0.271 e. The van der Waals surface area contributed by atoms with E-state index in [2.05, 4.69) is 146 Å². The fourth-order valence-corrected chi connectivity index (χ4v) is 19.7. The third kappa shape index (κ3) is 10.7. The van der Waals surface area contributed by atoms with E-state index in [9.17, 15) is 9.59 Å². The van der Waals surface area contributed by atoms with Crippen LogP contribution >= 0.6 is 68.0 Å². The van der Waals surface area contributed by atoms with Crippen LogP contribution in [0.3, 0.4) is 0 Å². The fraction of sp³-hybridized carbons (Fsp3) is 0.424. The van der Waals surface area contributed by atoms with Crippen LogP contribution in [0.5, 0.6) is 0 Å². The highest BCUT2D eigenvalue weighted by atomic mass is 32.1. The lowest BCUT2D eigenvalue weighted by Crippen LogP contribution is -2.30. The molecular weight excluding hydrogens is 1030 g/mol. The van der Waals surface area contributed by atoms with Crippen LogP contribution in [0.1, 0.15) is 185 Å². The van der Waals surface area contributed by atoms with E-state index in [1.165, 1.54) is 142 Å². The van der Waals surface area contributed by atoms with E-state index in [1.807, 2.05) is 45.3 Å². The van der Waals surface area contributed by atoms with Crippen LogP contribution in [-0.4, -0.2) is 23.3 Å². The summed E-state index contributed by atoms with van der Waals surface area (Å²) < 4.78 is 3.77. The maximum absolute atomic E-state index is 14.6. The normalized spacial score (nSPS) is 14.5. The molecule has 75 heavy (non-hydrogen) atoms. The predicted octanol–water partition coefficient (Wildman–Crippen LogP) is 22.4. The minimum Gasteiger partial charge on any atom is -0.274 e. The van der Waals surface area contributed by atoms with E-state index in [0.717, 1.165) is 59.1 Å². The molecule has 0 N–H and O–H groups in total. The Morgan fingerprint density at radius 1 is 0.493 bits per heavy atom. The molecule has 0 spiro atoms. The molecule has 1 aliphatic heterocycles. The highest BCUT2D eigenvalue weighted by Crippen LogP contribution is 2.58. The first-order chi connectivity index (χ1) is 36.6. The standard InChI is InChI=1S/C66H75NO2S6/c1-8-14-17-18-19-26-37-67-64(68)57-56-58(44-29-22-20-23-30-44)74-61(62(56)75-63(57)65(67)69)52-40-48-54(50-35-33-46(70-50)38-42(11-4)27-15-9-2)60-49(41-53(73-60)66(7,13-6)45-31-24-21-25-32-45)55(59(48)72-52)51-36-34-47(71-51)39-43(12-5)28-16-10-3/h20-25,29-36,40-43H,8-19,26-28,37-39H2,1-7H3. The maximum Gasteiger partial charge on any atom is 0.271 e. The minimum absolute atomic E-state index is 0.117. The van der Waals surface area contributed by atoms with Crippen molar-refractivity contribution in [3.63, 3.8) is 0 Å². The number of hydrogen-bond acceptors (Lipinski definition) is 8. The van der Waals surface area contributed by atoms with Crippen molar-refractivity contribution in [2.24, 2.45) is 11.8 Å². The molecule has 10 rings (SSSR count). The van der Waals surface area contributed by atoms with Gasteiger partial charge in [-0.2, -0.15) is 0 Å². The Bertz CT molecular complexity index is 3280. The molecule has 9 heteroatoms. The van der Waals surface area contributed by atoms with Gasteiger partial charge < -0.3 is 0 Å². The number of carbonyl (C=O) groups excluding carboxylic acids is 2. The Kier molecular flexibility index (Phi) is 17.5. The van der Waals surface area contributed by atoms with Crippen molar-refractivity contribution in [2.45, 2.75) is 163 Å². The molecule has 3 nitrogen and oxygen atoms in total. The number of carbonyl (C=O) groups is 2. The Labute approximate surface area is 471 Å². The summed E-state index contributed by atoms with van der Waals surface area (Å²) in [4.78, 5) is 41.7. The molecule has 0 saturated carbocycles. The number of amides is 2. The van der Waals surface area contributed by atoms with Crippen LogP contribution in [0.25, 0.3) is 71.3 Å². The van der Waals surface area contributed by atoms with E-state index in [-0.39, 0.29) is 17.2 Å². The largest absolute Gasteiger partial charge is 0.274 e. The van der Waals surface area contributed by atoms with Gasteiger partial charge in [0.15, 0.2) is 0 Å². The van der Waals surface area contributed by atoms with E-state index < -0.39 is 0 Å². The van der Waals surface area contributed by atoms with Gasteiger partial charge in [0.05, 0.1) is 15.1 Å². The molecule has 1 aliphatic rings. The Hall–Kier alpha value is -4.22. The summed E-state index contributed by atoms with van der Waals surface area (Å²) in [6, 6.07) is 36.6. The van der Waals surface area contributed by atoms with Crippen LogP contribution in [0.4, 0.5) is 0 Å². The summed E-state index contributed by atoms with van der Waals surface area (Å²) in [5.41, 5.74) is 5.62. The predicted molar refractivity (Wildman–Crippen MR) is 334 cm³/mol. The van der Waals surface area contributed by atoms with E-state index >= 15 is 0 Å². The third-order valence-corrected chi connectivity index (χ3v) is 24.0. The van der Waals surface area contributed by atoms with Gasteiger partial charge in [0, 0.05) is 82.8 Å². The average Bonchev–Trinajstić information content (AvgIpc) is 4.34. The van der Waals surface area contributed by atoms with Crippen molar-refractivity contribution in [1.29, 1.82) is 0 Å². The van der Waals surface area contributed by atoms with Gasteiger partial charge in [-0.25, -0.2) is 0 Å². The molecule has 7 heterocycles. The van der Waals surface area contributed by atoms with Gasteiger partial charge >= 0.3 is 0 Å². The van der Waals surface area contributed by atoms with Crippen molar-refractivity contribution in [3.8, 4) is 41.1 Å². The topological polar surface area (TPSA) is 37.4 Å². The number of nitrogens with zero attached hydrogens (tertiary/aromatic N) is 1. The molecule has 6 aromatic heterocycles. The fourth-order valence-electron chi connectivity index (χ4n) is 11.6. The van der Waals surface area contributed by atoms with Crippen molar-refractivity contribution >= 4 is 110 Å². The van der Waals surface area contributed by atoms with Crippen molar-refractivity contribution in [1.82, 2.24) is 4.90 Å². The molecule has 0 saturated heterocycles. The monoisotopic (exact) mass is 1110 g/mol. The van der Waals surface area contributed by atoms with Crippen LogP contribution in [0, 0.1) is 11.8 Å². The highest BCUT2D eigenvalue weighted by Gasteiger charge is 2.41. The summed E-state index contributed by atoms with van der Waals surface area (Å²) >= 11 is 11.3. The first-order valence-electron chi connectivity index (χ1n) is 28.4. The van der Waals surface area contributed by atoms with E-state index in [1.54, 1.807) is 27.6 Å². The number of thiophene rings is 6. The molecule has 3 atom stereocenters. The minimum atomic E-state index is -0.157. The highest BCUT2D eigenvalue weighted by molar-refractivity contribution is 7.33. The summed E-state index contributed by atoms with van der Waals surface area (Å²) in [7, 11) is 0. The molecule has 0 aliphatic carbocycles. The van der Waals surface area contributed by atoms with Crippen LogP contribution in [0.2, 0.25) is 0 Å². The molecule has 9 aromatic rings. The van der Waals surface area contributed by atoms with Gasteiger partial charge in [0.1, 0.15) is 4.88 Å². The quantitative estimate of drug-likeness (QED) is 0.0400. The van der Waals surface area contributed by atoms with Gasteiger partial charge in [0.2, 0.25) is 0 Å². The van der Waals surface area contributed by atoms with Crippen molar-refractivity contribution in [2.75, 3.05) is 6.54 Å². The Balaban J connectivity index is 1.19. The molecule has 0 radical (unpaired) electrons. The number of imide groups is 1. The van der Waals surface area contributed by atoms with Gasteiger partial charge in [-0.15, -0.1) is 68.0 Å². The molecule has 3 unspecified atom stereocenters. The summed E-state index contributed by atoms with van der Waals surface area (Å²) in [5.74, 6) is 1.14. The third-order valence-electron chi connectivity index (χ3n) is 16.4. The lowest BCUT2D eigenvalue weighted by Gasteiger charge is -2.27. The molecule has 0 fully saturated rings. The molecular formula is C66H75NO2S6. The van der Waals surface area contributed by atoms with Crippen LogP contribution < -0.4 is 0 Å². The SMILES string of the molecule is CCCCCCCCN1C(=O)c2sc3c(-c4cc5c(-c6ccc(CC(CC)CCCC)s6)c6sc(C(C)(CC)c7ccccc7)cc6c(-c6ccc(CC(CC)CCCC)s6)c5s4)sc(-c4ccccc4)c3c2C1=O. The molecule has 392 valence electrons. The van der Waals surface area contributed by atoms with Gasteiger partial charge in [-0.05, 0) is 85.0 Å². The molecule has 0 bridgehead atoms. The van der Waals surface area contributed by atoms with Crippen LogP contribution in [0.15, 0.2) is 97.1 Å². The Morgan fingerprint density at radius 2 is 1.07 bits per heavy atom. The number of fused-ring (bicyclic) bond motifs is 5. The number of benzene rings is 3. The second kappa shape index (κ2) is 24.2. The second-order valence-corrected chi connectivity index (χ2v) is 27.9.